The monoisotopic (exact) mass is 377 g/mol. The van der Waals surface area contributed by atoms with Gasteiger partial charge < -0.3 is 15.7 Å². The van der Waals surface area contributed by atoms with Crippen molar-refractivity contribution in [1.82, 2.24) is 9.88 Å². The van der Waals surface area contributed by atoms with Gasteiger partial charge in [-0.3, -0.25) is 4.79 Å². The molecule has 5 nitrogen and oxygen atoms in total. The van der Waals surface area contributed by atoms with E-state index in [0.717, 1.165) is 25.0 Å². The predicted octanol–water partition coefficient (Wildman–Crippen LogP) is 3.06. The molecule has 2 aliphatic carbocycles. The standard InChI is InChI=1S/C20H31N3O2S/c1-6-9-23(5)18(25)11(2)13-7-8-20(4)10-14-16(22-19(21)26-14)12(3)15(20)17(13)24/h6,11-13,15,17,24H,1,7-10H2,2-5H3,(H2,21,22)/t11-,12-,13-,15+,17-,20+/m0/s1. The maximum atomic E-state index is 12.7. The summed E-state index contributed by atoms with van der Waals surface area (Å²) >= 11 is 1.59. The fourth-order valence-electron chi connectivity index (χ4n) is 5.38. The molecule has 1 heterocycles. The number of nitrogens with zero attached hydrogens (tertiary/aromatic N) is 2. The van der Waals surface area contributed by atoms with Crippen LogP contribution >= 0.6 is 11.3 Å². The largest absolute Gasteiger partial charge is 0.392 e. The number of aromatic nitrogens is 1. The van der Waals surface area contributed by atoms with Crippen LogP contribution < -0.4 is 5.73 Å². The molecule has 0 aliphatic heterocycles. The maximum absolute atomic E-state index is 12.7. The molecule has 0 radical (unpaired) electrons. The highest BCUT2D eigenvalue weighted by Crippen LogP contribution is 2.57. The molecule has 1 aromatic rings. The van der Waals surface area contributed by atoms with E-state index >= 15 is 0 Å². The summed E-state index contributed by atoms with van der Waals surface area (Å²) < 4.78 is 0. The molecule has 1 amide bonds. The summed E-state index contributed by atoms with van der Waals surface area (Å²) in [4.78, 5) is 20.3. The molecule has 0 aromatic carbocycles. The molecule has 0 saturated heterocycles. The summed E-state index contributed by atoms with van der Waals surface area (Å²) in [7, 11) is 1.80. The van der Waals surface area contributed by atoms with Crippen LogP contribution in [0, 0.1) is 23.2 Å². The van der Waals surface area contributed by atoms with E-state index < -0.39 is 6.10 Å². The molecule has 2 aliphatic rings. The lowest BCUT2D eigenvalue weighted by molar-refractivity contribution is -0.143. The molecular weight excluding hydrogens is 346 g/mol. The lowest BCUT2D eigenvalue weighted by Crippen LogP contribution is -2.53. The lowest BCUT2D eigenvalue weighted by Gasteiger charge is -2.53. The Balaban J connectivity index is 1.86. The van der Waals surface area contributed by atoms with Crippen molar-refractivity contribution in [3.05, 3.63) is 23.2 Å². The number of nitrogen functional groups attached to an aromatic ring is 1. The Morgan fingerprint density at radius 2 is 2.31 bits per heavy atom. The van der Waals surface area contributed by atoms with Gasteiger partial charge in [0.25, 0.3) is 0 Å². The number of thiazole rings is 1. The van der Waals surface area contributed by atoms with Crippen molar-refractivity contribution < 1.29 is 9.90 Å². The van der Waals surface area contributed by atoms with Crippen molar-refractivity contribution in [2.45, 2.75) is 52.1 Å². The van der Waals surface area contributed by atoms with Crippen LogP contribution in [0.1, 0.15) is 50.1 Å². The van der Waals surface area contributed by atoms with E-state index in [1.165, 1.54) is 4.88 Å². The fraction of sp³-hybridized carbons (Fsp3) is 0.700. The Morgan fingerprint density at radius 3 is 2.96 bits per heavy atom. The second-order valence-corrected chi connectivity index (χ2v) is 9.61. The fourth-order valence-corrected chi connectivity index (χ4v) is 6.51. The van der Waals surface area contributed by atoms with E-state index in [1.807, 2.05) is 6.92 Å². The highest BCUT2D eigenvalue weighted by Gasteiger charge is 2.53. The Labute approximate surface area is 160 Å². The number of amides is 1. The Kier molecular flexibility index (Phi) is 5.19. The lowest BCUT2D eigenvalue weighted by atomic mass is 9.53. The summed E-state index contributed by atoms with van der Waals surface area (Å²) in [6.45, 7) is 10.6. The van der Waals surface area contributed by atoms with E-state index in [-0.39, 0.29) is 35.0 Å². The zero-order chi connectivity index (χ0) is 19.2. The topological polar surface area (TPSA) is 79.5 Å². The van der Waals surface area contributed by atoms with Crippen LogP contribution in [-0.4, -0.2) is 40.6 Å². The molecule has 6 atom stereocenters. The van der Waals surface area contributed by atoms with Crippen LogP contribution in [0.5, 0.6) is 0 Å². The summed E-state index contributed by atoms with van der Waals surface area (Å²) in [5.41, 5.74) is 7.04. The van der Waals surface area contributed by atoms with Crippen LogP contribution in [0.25, 0.3) is 0 Å². The zero-order valence-corrected chi connectivity index (χ0v) is 17.1. The van der Waals surface area contributed by atoms with E-state index in [2.05, 4.69) is 25.4 Å². The van der Waals surface area contributed by atoms with Gasteiger partial charge in [-0.15, -0.1) is 17.9 Å². The van der Waals surface area contributed by atoms with Crippen LogP contribution in [-0.2, 0) is 11.2 Å². The van der Waals surface area contributed by atoms with Gasteiger partial charge in [0.15, 0.2) is 5.13 Å². The third-order valence-corrected chi connectivity index (χ3v) is 7.65. The highest BCUT2D eigenvalue weighted by molar-refractivity contribution is 7.15. The number of carbonyl (C=O) groups excluding carboxylic acids is 1. The first kappa shape index (κ1) is 19.4. The number of aliphatic hydroxyl groups excluding tert-OH is 1. The minimum absolute atomic E-state index is 0.0205. The van der Waals surface area contributed by atoms with Gasteiger partial charge in [0.2, 0.25) is 5.91 Å². The molecule has 1 fully saturated rings. The van der Waals surface area contributed by atoms with Gasteiger partial charge in [0.1, 0.15) is 0 Å². The molecule has 1 aromatic heterocycles. The van der Waals surface area contributed by atoms with Gasteiger partial charge in [-0.25, -0.2) is 4.98 Å². The molecule has 1 saturated carbocycles. The third kappa shape index (κ3) is 3.07. The SMILES string of the molecule is C=CCN(C)C(=O)[C@@H](C)[C@@H]1CC[C@]2(C)Cc3sc(N)nc3[C@@H](C)[C@@H]2[C@H]1O. The first-order valence-corrected chi connectivity index (χ1v) is 10.3. The summed E-state index contributed by atoms with van der Waals surface area (Å²) in [6, 6.07) is 0. The number of anilines is 1. The van der Waals surface area contributed by atoms with Crippen LogP contribution in [0.4, 0.5) is 5.13 Å². The molecule has 0 unspecified atom stereocenters. The van der Waals surface area contributed by atoms with Crippen molar-refractivity contribution in [2.24, 2.45) is 23.2 Å². The van der Waals surface area contributed by atoms with Gasteiger partial charge in [-0.05, 0) is 36.5 Å². The Bertz CT molecular complexity index is 703. The second kappa shape index (κ2) is 6.97. The summed E-state index contributed by atoms with van der Waals surface area (Å²) in [6.07, 6.45) is 4.05. The van der Waals surface area contributed by atoms with Crippen molar-refractivity contribution in [3.63, 3.8) is 0 Å². The van der Waals surface area contributed by atoms with Crippen LogP contribution in [0.15, 0.2) is 12.7 Å². The predicted molar refractivity (Wildman–Crippen MR) is 106 cm³/mol. The average Bonchev–Trinajstić information content (AvgIpc) is 2.93. The average molecular weight is 378 g/mol. The first-order valence-electron chi connectivity index (χ1n) is 9.48. The summed E-state index contributed by atoms with van der Waals surface area (Å²) in [5.74, 6) is 0.125. The molecule has 3 rings (SSSR count). The highest BCUT2D eigenvalue weighted by atomic mass is 32.1. The van der Waals surface area contributed by atoms with Crippen LogP contribution in [0.2, 0.25) is 0 Å². The minimum Gasteiger partial charge on any atom is -0.392 e. The molecule has 3 N–H and O–H groups in total. The number of hydrogen-bond acceptors (Lipinski definition) is 5. The van der Waals surface area contributed by atoms with Gasteiger partial charge in [-0.2, -0.15) is 0 Å². The van der Waals surface area contributed by atoms with E-state index in [0.29, 0.717) is 11.7 Å². The number of rotatable bonds is 4. The first-order chi connectivity index (χ1) is 12.2. The number of likely N-dealkylation sites (N-methyl/N-ethyl adjacent to an activating group) is 1. The Hall–Kier alpha value is -1.40. The molecule has 26 heavy (non-hydrogen) atoms. The number of hydrogen-bond donors (Lipinski definition) is 2. The molecule has 6 heteroatoms. The summed E-state index contributed by atoms with van der Waals surface area (Å²) in [5, 5.41) is 11.9. The molecular formula is C20H31N3O2S. The molecule has 0 bridgehead atoms. The normalized spacial score (nSPS) is 34.5. The maximum Gasteiger partial charge on any atom is 0.225 e. The molecule has 0 spiro atoms. The Morgan fingerprint density at radius 1 is 1.62 bits per heavy atom. The van der Waals surface area contributed by atoms with Crippen molar-refractivity contribution in [1.29, 1.82) is 0 Å². The van der Waals surface area contributed by atoms with Gasteiger partial charge in [0, 0.05) is 30.3 Å². The minimum atomic E-state index is -0.504. The number of fused-ring (bicyclic) bond motifs is 2. The van der Waals surface area contributed by atoms with Crippen molar-refractivity contribution >= 4 is 22.4 Å². The number of nitrogens with two attached hydrogens (primary N) is 1. The van der Waals surface area contributed by atoms with E-state index in [4.69, 9.17) is 5.73 Å². The smallest absolute Gasteiger partial charge is 0.225 e. The van der Waals surface area contributed by atoms with Crippen molar-refractivity contribution in [2.75, 3.05) is 19.3 Å². The number of carbonyl (C=O) groups is 1. The van der Waals surface area contributed by atoms with E-state index in [1.54, 1.807) is 29.4 Å². The third-order valence-electron chi connectivity index (χ3n) is 6.75. The second-order valence-electron chi connectivity index (χ2n) is 8.50. The van der Waals surface area contributed by atoms with Crippen LogP contribution in [0.3, 0.4) is 0 Å². The number of aliphatic hydroxyl groups is 1. The zero-order valence-electron chi connectivity index (χ0n) is 16.2. The van der Waals surface area contributed by atoms with Gasteiger partial charge in [0.05, 0.1) is 11.8 Å². The quantitative estimate of drug-likeness (QED) is 0.791. The van der Waals surface area contributed by atoms with E-state index in [9.17, 15) is 9.90 Å². The molecule has 144 valence electrons. The van der Waals surface area contributed by atoms with Gasteiger partial charge >= 0.3 is 0 Å². The van der Waals surface area contributed by atoms with Crippen molar-refractivity contribution in [3.8, 4) is 0 Å². The van der Waals surface area contributed by atoms with Gasteiger partial charge in [-0.1, -0.05) is 26.8 Å².